The number of benzene rings is 1. The van der Waals surface area contributed by atoms with E-state index in [0.29, 0.717) is 22.5 Å². The molecular formula is C26H29F2N5O5S. The topological polar surface area (TPSA) is 124 Å². The highest BCUT2D eigenvalue weighted by atomic mass is 32.1. The fraction of sp³-hybridized carbons (Fsp3) is 0.308. The quantitative estimate of drug-likeness (QED) is 0.313. The molecule has 0 fully saturated rings. The molecule has 0 bridgehead atoms. The molecule has 0 aliphatic heterocycles. The van der Waals surface area contributed by atoms with Crippen molar-refractivity contribution < 1.29 is 33.0 Å². The number of nitrogens with zero attached hydrogens (tertiary/aromatic N) is 3. The maximum Gasteiger partial charge on any atom is 0.415 e. The van der Waals surface area contributed by atoms with E-state index < -0.39 is 41.8 Å². The summed E-state index contributed by atoms with van der Waals surface area (Å²) in [7, 11) is 3.50. The van der Waals surface area contributed by atoms with Crippen molar-refractivity contribution in [3.8, 4) is 10.4 Å². The van der Waals surface area contributed by atoms with Crippen molar-refractivity contribution in [1.82, 2.24) is 15.2 Å². The number of carboxylic acid groups (broad SMARTS) is 1. The number of carboxylic acids is 1. The first kappa shape index (κ1) is 29.5. The number of rotatable bonds is 10. The molecule has 2 heterocycles. The summed E-state index contributed by atoms with van der Waals surface area (Å²) in [4.78, 5) is 44.8. The van der Waals surface area contributed by atoms with Gasteiger partial charge in [0.25, 0.3) is 0 Å². The minimum absolute atomic E-state index is 0.0374. The number of anilines is 2. The van der Waals surface area contributed by atoms with Crippen molar-refractivity contribution in [2.24, 2.45) is 0 Å². The molecule has 0 spiro atoms. The Balaban J connectivity index is 2.17. The van der Waals surface area contributed by atoms with Gasteiger partial charge in [-0.05, 0) is 52.2 Å². The number of urea groups is 1. The number of nitrogens with one attached hydrogen (secondary N) is 2. The number of thiophene rings is 1. The van der Waals surface area contributed by atoms with E-state index in [0.717, 1.165) is 28.4 Å². The van der Waals surface area contributed by atoms with Crippen molar-refractivity contribution >= 4 is 40.2 Å². The second-order valence-corrected chi connectivity index (χ2v) is 9.53. The summed E-state index contributed by atoms with van der Waals surface area (Å²) in [5, 5.41) is 15.4. The molecule has 0 atom stereocenters. The zero-order valence-electron chi connectivity index (χ0n) is 21.9. The zero-order chi connectivity index (χ0) is 28.7. The van der Waals surface area contributed by atoms with Crippen LogP contribution in [0.1, 0.15) is 35.3 Å². The molecule has 3 amide bonds. The Bertz CT molecular complexity index is 1330. The van der Waals surface area contributed by atoms with Crippen LogP contribution in [-0.2, 0) is 17.8 Å². The van der Waals surface area contributed by atoms with E-state index in [9.17, 15) is 28.3 Å². The van der Waals surface area contributed by atoms with Gasteiger partial charge in [0.15, 0.2) is 0 Å². The van der Waals surface area contributed by atoms with Crippen molar-refractivity contribution in [3.63, 3.8) is 0 Å². The Morgan fingerprint density at radius 2 is 1.74 bits per heavy atom. The van der Waals surface area contributed by atoms with Crippen molar-refractivity contribution in [3.05, 3.63) is 64.9 Å². The second kappa shape index (κ2) is 13.1. The van der Waals surface area contributed by atoms with Gasteiger partial charge in [-0.3, -0.25) is 10.2 Å². The number of halogens is 2. The third-order valence-corrected chi connectivity index (χ3v) is 6.70. The van der Waals surface area contributed by atoms with E-state index >= 15 is 0 Å². The summed E-state index contributed by atoms with van der Waals surface area (Å²) in [6.45, 7) is 3.32. The summed E-state index contributed by atoms with van der Waals surface area (Å²) in [5.41, 5.74) is 0.293. The van der Waals surface area contributed by atoms with Crippen molar-refractivity contribution in [2.45, 2.75) is 26.9 Å². The average molecular weight is 562 g/mol. The number of hydrogen-bond donors (Lipinski definition) is 3. The van der Waals surface area contributed by atoms with Gasteiger partial charge in [-0.15, -0.1) is 11.3 Å². The van der Waals surface area contributed by atoms with E-state index in [2.05, 4.69) is 15.6 Å². The van der Waals surface area contributed by atoms with E-state index in [-0.39, 0.29) is 29.5 Å². The Morgan fingerprint density at radius 3 is 2.28 bits per heavy atom. The highest BCUT2D eigenvalue weighted by Crippen LogP contribution is 2.44. The lowest BCUT2D eigenvalue weighted by Gasteiger charge is -2.22. The summed E-state index contributed by atoms with van der Waals surface area (Å²) >= 11 is 0.964. The van der Waals surface area contributed by atoms with Gasteiger partial charge in [-0.2, -0.15) is 0 Å². The molecule has 0 unspecified atom stereocenters. The van der Waals surface area contributed by atoms with Crippen LogP contribution in [-0.4, -0.2) is 60.3 Å². The molecule has 39 heavy (non-hydrogen) atoms. The molecule has 10 nitrogen and oxygen atoms in total. The van der Waals surface area contributed by atoms with Crippen LogP contribution in [0.4, 0.5) is 29.2 Å². The third kappa shape index (κ3) is 7.06. The first-order valence-corrected chi connectivity index (χ1v) is 12.8. The van der Waals surface area contributed by atoms with Gasteiger partial charge >= 0.3 is 18.1 Å². The van der Waals surface area contributed by atoms with E-state index in [1.165, 1.54) is 12.3 Å². The lowest BCUT2D eigenvalue weighted by molar-refractivity contribution is 0.0696. The van der Waals surface area contributed by atoms with Gasteiger partial charge in [0, 0.05) is 40.9 Å². The van der Waals surface area contributed by atoms with Gasteiger partial charge in [0.2, 0.25) is 0 Å². The molecule has 13 heteroatoms. The first-order chi connectivity index (χ1) is 18.6. The predicted octanol–water partition coefficient (Wildman–Crippen LogP) is 5.15. The summed E-state index contributed by atoms with van der Waals surface area (Å²) in [5.74, 6) is -2.82. The number of carbonyl (C=O) groups excluding carboxylic acids is 2. The molecule has 0 saturated heterocycles. The average Bonchev–Trinajstić information content (AvgIpc) is 3.23. The SMILES string of the molecule is CCNC(=O)Nc1ccc(-c2sc(N(Cc3c(F)cccc3F)C(=O)OCC)c(C(=O)O)c2CN(C)C)cn1. The molecule has 0 aliphatic carbocycles. The zero-order valence-corrected chi connectivity index (χ0v) is 22.7. The van der Waals surface area contributed by atoms with Crippen LogP contribution >= 0.6 is 11.3 Å². The largest absolute Gasteiger partial charge is 0.478 e. The van der Waals surface area contributed by atoms with Crippen LogP contribution in [0, 0.1) is 11.6 Å². The van der Waals surface area contributed by atoms with Crippen LogP contribution in [0.25, 0.3) is 10.4 Å². The Labute approximate surface area is 228 Å². The molecule has 0 radical (unpaired) electrons. The third-order valence-electron chi connectivity index (χ3n) is 5.39. The van der Waals surface area contributed by atoms with Crippen LogP contribution in [0.15, 0.2) is 36.5 Å². The smallest absolute Gasteiger partial charge is 0.415 e. The molecule has 3 N–H and O–H groups in total. The number of ether oxygens (including phenoxy) is 1. The first-order valence-electron chi connectivity index (χ1n) is 12.0. The van der Waals surface area contributed by atoms with Gasteiger partial charge < -0.3 is 20.1 Å². The van der Waals surface area contributed by atoms with Crippen molar-refractivity contribution in [1.29, 1.82) is 0 Å². The second-order valence-electron chi connectivity index (χ2n) is 8.53. The van der Waals surface area contributed by atoms with E-state index in [1.807, 2.05) is 0 Å². The van der Waals surface area contributed by atoms with Gasteiger partial charge in [-0.25, -0.2) is 28.1 Å². The number of pyridine rings is 1. The minimum atomic E-state index is -1.32. The molecule has 2 aromatic heterocycles. The lowest BCUT2D eigenvalue weighted by atomic mass is 10.1. The molecule has 0 aliphatic rings. The number of carbonyl (C=O) groups is 3. The minimum Gasteiger partial charge on any atom is -0.478 e. The van der Waals surface area contributed by atoms with Crippen LogP contribution in [0.2, 0.25) is 0 Å². The van der Waals surface area contributed by atoms with Gasteiger partial charge in [0.1, 0.15) is 22.5 Å². The van der Waals surface area contributed by atoms with Crippen LogP contribution in [0.5, 0.6) is 0 Å². The summed E-state index contributed by atoms with van der Waals surface area (Å²) < 4.78 is 34.2. The fourth-order valence-corrected chi connectivity index (χ4v) is 5.03. The maximum absolute atomic E-state index is 14.6. The summed E-state index contributed by atoms with van der Waals surface area (Å²) in [6, 6.07) is 6.09. The predicted molar refractivity (Wildman–Crippen MR) is 144 cm³/mol. The Hall–Kier alpha value is -4.10. The Morgan fingerprint density at radius 1 is 1.05 bits per heavy atom. The standard InChI is InChI=1S/C26H29F2N5O5S/c1-5-29-25(36)31-20-11-10-15(12-30-20)22-17(13-32(3)4)21(24(34)35)23(39-22)33(26(37)38-6-2)14-16-18(27)8-7-9-19(16)28/h7-12H,5-6,13-14H2,1-4H3,(H,34,35)(H2,29,30,31,36). The summed E-state index contributed by atoms with van der Waals surface area (Å²) in [6.07, 6.45) is 0.513. The maximum atomic E-state index is 14.6. The number of aromatic carboxylic acids is 1. The van der Waals surface area contributed by atoms with E-state index in [1.54, 1.807) is 45.0 Å². The normalized spacial score (nSPS) is 10.8. The monoisotopic (exact) mass is 561 g/mol. The molecular weight excluding hydrogens is 532 g/mol. The molecule has 208 valence electrons. The molecule has 3 aromatic rings. The fourth-order valence-electron chi connectivity index (χ4n) is 3.75. The highest BCUT2D eigenvalue weighted by Gasteiger charge is 2.32. The van der Waals surface area contributed by atoms with E-state index in [4.69, 9.17) is 4.74 Å². The van der Waals surface area contributed by atoms with Crippen LogP contribution in [0.3, 0.4) is 0 Å². The highest BCUT2D eigenvalue weighted by molar-refractivity contribution is 7.20. The molecule has 3 rings (SSSR count). The van der Waals surface area contributed by atoms with Gasteiger partial charge in [-0.1, -0.05) is 6.07 Å². The molecule has 0 saturated carbocycles. The Kier molecular flexibility index (Phi) is 9.90. The number of amides is 3. The number of hydrogen-bond acceptors (Lipinski definition) is 7. The van der Waals surface area contributed by atoms with Gasteiger partial charge in [0.05, 0.1) is 18.7 Å². The lowest BCUT2D eigenvalue weighted by Crippen LogP contribution is -2.32. The number of aromatic nitrogens is 1. The van der Waals surface area contributed by atoms with Crippen LogP contribution < -0.4 is 15.5 Å². The van der Waals surface area contributed by atoms with Crippen molar-refractivity contribution in [2.75, 3.05) is 37.5 Å². The molecule has 1 aromatic carbocycles.